The smallest absolute Gasteiger partial charge is 0.223 e. The third-order valence-electron chi connectivity index (χ3n) is 4.27. The van der Waals surface area contributed by atoms with Crippen LogP contribution in [0.4, 0.5) is 8.78 Å². The molecule has 0 aliphatic heterocycles. The lowest BCUT2D eigenvalue weighted by Gasteiger charge is -2.33. The zero-order chi connectivity index (χ0) is 16.5. The Labute approximate surface area is 130 Å². The quantitative estimate of drug-likeness (QED) is 0.900. The molecule has 3 N–H and O–H groups in total. The van der Waals surface area contributed by atoms with E-state index in [1.54, 1.807) is 0 Å². The highest BCUT2D eigenvalue weighted by Crippen LogP contribution is 2.35. The maximum absolute atomic E-state index is 14.1. The van der Waals surface area contributed by atoms with Crippen molar-refractivity contribution >= 4 is 5.91 Å². The minimum absolute atomic E-state index is 0.0615. The van der Waals surface area contributed by atoms with Crippen molar-refractivity contribution in [2.75, 3.05) is 0 Å². The van der Waals surface area contributed by atoms with Crippen LogP contribution in [0.5, 0.6) is 0 Å². The van der Waals surface area contributed by atoms with Crippen molar-refractivity contribution in [3.63, 3.8) is 0 Å². The number of nitrogens with two attached hydrogens (primary N) is 1. The Morgan fingerprint density at radius 1 is 1.32 bits per heavy atom. The molecular weight excluding hydrogens is 286 g/mol. The van der Waals surface area contributed by atoms with Gasteiger partial charge in [0.05, 0.1) is 6.04 Å². The van der Waals surface area contributed by atoms with Gasteiger partial charge in [0.15, 0.2) is 0 Å². The molecule has 0 saturated heterocycles. The van der Waals surface area contributed by atoms with Crippen molar-refractivity contribution in [1.29, 1.82) is 0 Å². The first kappa shape index (κ1) is 16.9. The number of nitrogens with one attached hydrogen (secondary N) is 1. The summed E-state index contributed by atoms with van der Waals surface area (Å²) in [7, 11) is 0. The molecule has 1 aliphatic carbocycles. The minimum atomic E-state index is -0.636. The third-order valence-corrected chi connectivity index (χ3v) is 4.27. The summed E-state index contributed by atoms with van der Waals surface area (Å²) in [5.41, 5.74) is 5.77. The molecule has 0 bridgehead atoms. The molecule has 3 nitrogen and oxygen atoms in total. The Morgan fingerprint density at radius 3 is 2.50 bits per heavy atom. The summed E-state index contributed by atoms with van der Waals surface area (Å²) in [6.45, 7) is 5.75. The first-order valence-electron chi connectivity index (χ1n) is 7.69. The summed E-state index contributed by atoms with van der Waals surface area (Å²) in [4.78, 5) is 12.4. The molecule has 0 spiro atoms. The molecule has 3 atom stereocenters. The lowest BCUT2D eigenvalue weighted by atomic mass is 9.81. The second kappa shape index (κ2) is 6.32. The molecule has 2 rings (SSSR count). The molecule has 1 fully saturated rings. The van der Waals surface area contributed by atoms with Crippen LogP contribution in [-0.4, -0.2) is 11.9 Å². The highest BCUT2D eigenvalue weighted by atomic mass is 19.1. The Hall–Kier alpha value is -1.49. The minimum Gasteiger partial charge on any atom is -0.348 e. The van der Waals surface area contributed by atoms with Gasteiger partial charge < -0.3 is 11.1 Å². The lowest BCUT2D eigenvalue weighted by Crippen LogP contribution is -2.40. The predicted octanol–water partition coefficient (Wildman–Crippen LogP) is 3.30. The summed E-state index contributed by atoms with van der Waals surface area (Å²) < 4.78 is 27.2. The Balaban J connectivity index is 2.22. The van der Waals surface area contributed by atoms with Gasteiger partial charge in [-0.1, -0.05) is 26.8 Å². The van der Waals surface area contributed by atoms with E-state index in [1.165, 1.54) is 12.1 Å². The topological polar surface area (TPSA) is 55.1 Å². The van der Waals surface area contributed by atoms with Crippen molar-refractivity contribution in [2.45, 2.75) is 52.1 Å². The average molecular weight is 310 g/mol. The van der Waals surface area contributed by atoms with Gasteiger partial charge in [0, 0.05) is 23.6 Å². The SMILES string of the molecule is CC(C)(C)C(NC(=O)C1CCC(N)C1)c1ccc(F)cc1F. The standard InChI is InChI=1S/C17H24F2N2O/c1-17(2,3)15(13-7-5-11(18)9-14(13)19)21-16(22)10-4-6-12(20)8-10/h5,7,9-10,12,15H,4,6,8,20H2,1-3H3,(H,21,22). The number of carbonyl (C=O) groups excluding carboxylic acids is 1. The zero-order valence-electron chi connectivity index (χ0n) is 13.3. The largest absolute Gasteiger partial charge is 0.348 e. The van der Waals surface area contributed by atoms with E-state index in [2.05, 4.69) is 5.32 Å². The number of rotatable bonds is 3. The van der Waals surface area contributed by atoms with E-state index in [-0.39, 0.29) is 17.9 Å². The van der Waals surface area contributed by atoms with Crippen LogP contribution in [0, 0.1) is 23.0 Å². The molecule has 3 unspecified atom stereocenters. The maximum atomic E-state index is 14.1. The number of hydrogen-bond acceptors (Lipinski definition) is 2. The molecule has 1 aromatic rings. The van der Waals surface area contributed by atoms with Gasteiger partial charge in [-0.25, -0.2) is 8.78 Å². The molecule has 1 saturated carbocycles. The van der Waals surface area contributed by atoms with E-state index in [0.717, 1.165) is 18.9 Å². The van der Waals surface area contributed by atoms with E-state index >= 15 is 0 Å². The number of hydrogen-bond donors (Lipinski definition) is 2. The number of halogens is 2. The first-order valence-corrected chi connectivity index (χ1v) is 7.69. The van der Waals surface area contributed by atoms with Crippen LogP contribution in [0.3, 0.4) is 0 Å². The molecule has 22 heavy (non-hydrogen) atoms. The number of amides is 1. The summed E-state index contributed by atoms with van der Waals surface area (Å²) in [6, 6.07) is 3.02. The fourth-order valence-corrected chi connectivity index (χ4v) is 3.01. The van der Waals surface area contributed by atoms with Gasteiger partial charge in [0.1, 0.15) is 11.6 Å². The van der Waals surface area contributed by atoms with E-state index in [4.69, 9.17) is 5.73 Å². The molecule has 0 radical (unpaired) electrons. The van der Waals surface area contributed by atoms with Crippen molar-refractivity contribution in [2.24, 2.45) is 17.1 Å². The second-order valence-corrected chi connectivity index (χ2v) is 7.24. The van der Waals surface area contributed by atoms with Gasteiger partial charge >= 0.3 is 0 Å². The van der Waals surface area contributed by atoms with Crippen LogP contribution in [0.25, 0.3) is 0 Å². The maximum Gasteiger partial charge on any atom is 0.223 e. The number of carbonyl (C=O) groups is 1. The molecule has 1 amide bonds. The van der Waals surface area contributed by atoms with Crippen molar-refractivity contribution in [3.05, 3.63) is 35.4 Å². The molecule has 0 aromatic heterocycles. The molecule has 0 heterocycles. The number of benzene rings is 1. The van der Waals surface area contributed by atoms with Gasteiger partial charge in [0.2, 0.25) is 5.91 Å². The monoisotopic (exact) mass is 310 g/mol. The van der Waals surface area contributed by atoms with Crippen LogP contribution in [0.2, 0.25) is 0 Å². The predicted molar refractivity (Wildman–Crippen MR) is 82.0 cm³/mol. The summed E-state index contributed by atoms with van der Waals surface area (Å²) in [5.74, 6) is -1.48. The van der Waals surface area contributed by atoms with Crippen LogP contribution >= 0.6 is 0 Å². The van der Waals surface area contributed by atoms with Crippen LogP contribution in [0.15, 0.2) is 18.2 Å². The lowest BCUT2D eigenvalue weighted by molar-refractivity contribution is -0.126. The van der Waals surface area contributed by atoms with Gasteiger partial charge in [-0.3, -0.25) is 4.79 Å². The highest BCUT2D eigenvalue weighted by molar-refractivity contribution is 5.79. The molecular formula is C17H24F2N2O. The fourth-order valence-electron chi connectivity index (χ4n) is 3.01. The molecule has 1 aromatic carbocycles. The van der Waals surface area contributed by atoms with E-state index < -0.39 is 23.1 Å². The van der Waals surface area contributed by atoms with Gasteiger partial charge in [0.25, 0.3) is 0 Å². The normalized spacial score (nSPS) is 23.4. The Morgan fingerprint density at radius 2 is 2.00 bits per heavy atom. The van der Waals surface area contributed by atoms with Crippen molar-refractivity contribution in [1.82, 2.24) is 5.32 Å². The third kappa shape index (κ3) is 3.83. The van der Waals surface area contributed by atoms with E-state index in [0.29, 0.717) is 12.0 Å². The summed E-state index contributed by atoms with van der Waals surface area (Å²) in [6.07, 6.45) is 2.26. The van der Waals surface area contributed by atoms with Gasteiger partial charge in [-0.15, -0.1) is 0 Å². The van der Waals surface area contributed by atoms with E-state index in [9.17, 15) is 13.6 Å². The van der Waals surface area contributed by atoms with Crippen molar-refractivity contribution < 1.29 is 13.6 Å². The second-order valence-electron chi connectivity index (χ2n) is 7.24. The van der Waals surface area contributed by atoms with Crippen molar-refractivity contribution in [3.8, 4) is 0 Å². The molecule has 5 heteroatoms. The van der Waals surface area contributed by atoms with Crippen LogP contribution in [0.1, 0.15) is 51.6 Å². The van der Waals surface area contributed by atoms with Crippen LogP contribution in [-0.2, 0) is 4.79 Å². The molecule has 1 aliphatic rings. The fraction of sp³-hybridized carbons (Fsp3) is 0.588. The zero-order valence-corrected chi connectivity index (χ0v) is 13.3. The summed E-state index contributed by atoms with van der Waals surface area (Å²) in [5, 5.41) is 2.94. The molecule has 122 valence electrons. The average Bonchev–Trinajstić information content (AvgIpc) is 2.82. The van der Waals surface area contributed by atoms with Gasteiger partial charge in [-0.2, -0.15) is 0 Å². The van der Waals surface area contributed by atoms with Crippen LogP contribution < -0.4 is 11.1 Å². The first-order chi connectivity index (χ1) is 10.2. The summed E-state index contributed by atoms with van der Waals surface area (Å²) >= 11 is 0. The Bertz CT molecular complexity index is 554. The Kier molecular flexibility index (Phi) is 4.85. The van der Waals surface area contributed by atoms with E-state index in [1.807, 2.05) is 20.8 Å². The highest BCUT2D eigenvalue weighted by Gasteiger charge is 2.34. The van der Waals surface area contributed by atoms with Gasteiger partial charge in [-0.05, 0) is 30.7 Å².